The molecule has 9 heteroatoms. The van der Waals surface area contributed by atoms with Crippen LogP contribution in [0.25, 0.3) is 22.3 Å². The minimum Gasteiger partial charge on any atom is -0.473 e. The highest BCUT2D eigenvalue weighted by Crippen LogP contribution is 2.30. The maximum Gasteiger partial charge on any atom is 0.314 e. The van der Waals surface area contributed by atoms with Crippen molar-refractivity contribution in [2.24, 2.45) is 5.73 Å². The van der Waals surface area contributed by atoms with Gasteiger partial charge in [-0.2, -0.15) is 0 Å². The molecule has 2 aromatic heterocycles. The highest BCUT2D eigenvalue weighted by atomic mass is 16.5. The van der Waals surface area contributed by atoms with Gasteiger partial charge in [-0.15, -0.1) is 0 Å². The first-order valence-corrected chi connectivity index (χ1v) is 10.1. The van der Waals surface area contributed by atoms with Crippen LogP contribution in [0.2, 0.25) is 0 Å². The van der Waals surface area contributed by atoms with Crippen molar-refractivity contribution >= 4 is 22.8 Å². The van der Waals surface area contributed by atoms with Crippen LogP contribution < -0.4 is 15.4 Å². The molecule has 0 unspecified atom stereocenters. The lowest BCUT2D eigenvalue weighted by Crippen LogP contribution is -2.49. The van der Waals surface area contributed by atoms with Gasteiger partial charge in [-0.1, -0.05) is 6.07 Å². The summed E-state index contributed by atoms with van der Waals surface area (Å²) in [6.45, 7) is 3.58. The number of carbonyl (C=O) groups excluding carboxylic acids is 1. The lowest BCUT2D eigenvalue weighted by molar-refractivity contribution is -0.0346. The van der Waals surface area contributed by atoms with E-state index in [0.29, 0.717) is 36.6 Å². The van der Waals surface area contributed by atoms with E-state index in [1.807, 2.05) is 26.2 Å². The third kappa shape index (κ3) is 4.51. The van der Waals surface area contributed by atoms with Crippen molar-refractivity contribution in [3.05, 3.63) is 42.2 Å². The van der Waals surface area contributed by atoms with Gasteiger partial charge < -0.3 is 25.0 Å². The van der Waals surface area contributed by atoms with E-state index in [-0.39, 0.29) is 12.7 Å². The molecule has 3 aromatic rings. The molecule has 0 aliphatic carbocycles. The van der Waals surface area contributed by atoms with E-state index in [4.69, 9.17) is 20.2 Å². The van der Waals surface area contributed by atoms with Crippen LogP contribution in [-0.2, 0) is 4.74 Å². The Kier molecular flexibility index (Phi) is 5.85. The number of amides is 2. The second-order valence-electron chi connectivity index (χ2n) is 7.72. The highest BCUT2D eigenvalue weighted by Gasteiger charge is 2.24. The number of morpholine rings is 1. The number of urea groups is 1. The van der Waals surface area contributed by atoms with Crippen molar-refractivity contribution in [2.75, 3.05) is 45.3 Å². The summed E-state index contributed by atoms with van der Waals surface area (Å²) in [6.07, 6.45) is 2.96. The molecule has 4 rings (SSSR count). The standard InChI is InChI=1S/C22H26N6O3/c1-14-10-15(4-5-19(14)27(2)3)17-11-18-20(25-7-6-24-18)21(26-17)31-13-16-12-28(22(23)29)8-9-30-16/h4-7,10-11,16H,8-9,12-13H2,1-3H3,(H2,23,29)/t16-/m0/s1. The fourth-order valence-corrected chi connectivity index (χ4v) is 3.70. The summed E-state index contributed by atoms with van der Waals surface area (Å²) in [5, 5.41) is 0. The van der Waals surface area contributed by atoms with E-state index in [1.54, 1.807) is 17.3 Å². The Morgan fingerprint density at radius 1 is 1.29 bits per heavy atom. The van der Waals surface area contributed by atoms with Gasteiger partial charge in [0.15, 0.2) is 5.52 Å². The number of anilines is 1. The molecule has 1 saturated heterocycles. The molecule has 0 radical (unpaired) electrons. The van der Waals surface area contributed by atoms with Crippen molar-refractivity contribution in [1.29, 1.82) is 0 Å². The predicted octanol–water partition coefficient (Wildman–Crippen LogP) is 2.22. The Labute approximate surface area is 180 Å². The quantitative estimate of drug-likeness (QED) is 0.672. The normalized spacial score (nSPS) is 16.4. The highest BCUT2D eigenvalue weighted by molar-refractivity contribution is 5.83. The van der Waals surface area contributed by atoms with Crippen molar-refractivity contribution < 1.29 is 14.3 Å². The molecule has 2 N–H and O–H groups in total. The number of hydrogen-bond donors (Lipinski definition) is 1. The number of hydrogen-bond acceptors (Lipinski definition) is 7. The third-order valence-electron chi connectivity index (χ3n) is 5.26. The number of primary amides is 1. The van der Waals surface area contributed by atoms with Crippen LogP contribution >= 0.6 is 0 Å². The zero-order chi connectivity index (χ0) is 22.0. The Morgan fingerprint density at radius 2 is 2.10 bits per heavy atom. The van der Waals surface area contributed by atoms with Crippen LogP contribution in [0.3, 0.4) is 0 Å². The van der Waals surface area contributed by atoms with Crippen LogP contribution in [0.4, 0.5) is 10.5 Å². The van der Waals surface area contributed by atoms with Gasteiger partial charge in [0.25, 0.3) is 0 Å². The molecule has 1 atom stereocenters. The lowest BCUT2D eigenvalue weighted by atomic mass is 10.1. The minimum absolute atomic E-state index is 0.227. The zero-order valence-corrected chi connectivity index (χ0v) is 17.9. The van der Waals surface area contributed by atoms with E-state index in [2.05, 4.69) is 33.9 Å². The monoisotopic (exact) mass is 422 g/mol. The van der Waals surface area contributed by atoms with Crippen LogP contribution in [0.1, 0.15) is 5.56 Å². The van der Waals surface area contributed by atoms with Crippen molar-refractivity contribution in [3.63, 3.8) is 0 Å². The average Bonchev–Trinajstić information content (AvgIpc) is 2.77. The molecule has 1 fully saturated rings. The number of pyridine rings is 1. The first-order valence-electron chi connectivity index (χ1n) is 10.1. The van der Waals surface area contributed by atoms with Crippen LogP contribution in [0.15, 0.2) is 36.7 Å². The molecule has 2 amide bonds. The molecule has 1 aliphatic heterocycles. The van der Waals surface area contributed by atoms with Crippen molar-refractivity contribution in [3.8, 4) is 17.1 Å². The number of aromatic nitrogens is 3. The van der Waals surface area contributed by atoms with E-state index in [9.17, 15) is 4.79 Å². The van der Waals surface area contributed by atoms with Gasteiger partial charge in [0.05, 0.1) is 24.4 Å². The Morgan fingerprint density at radius 3 is 2.84 bits per heavy atom. The van der Waals surface area contributed by atoms with Gasteiger partial charge in [0, 0.05) is 44.3 Å². The van der Waals surface area contributed by atoms with Crippen LogP contribution in [-0.4, -0.2) is 72.4 Å². The van der Waals surface area contributed by atoms with Gasteiger partial charge in [-0.25, -0.2) is 14.8 Å². The number of nitrogens with zero attached hydrogens (tertiary/aromatic N) is 5. The number of carbonyl (C=O) groups is 1. The van der Waals surface area contributed by atoms with E-state index in [0.717, 1.165) is 22.5 Å². The maximum atomic E-state index is 11.5. The van der Waals surface area contributed by atoms with Crippen LogP contribution in [0, 0.1) is 6.92 Å². The Balaban J connectivity index is 1.63. The molecule has 3 heterocycles. The first-order chi connectivity index (χ1) is 14.9. The summed E-state index contributed by atoms with van der Waals surface area (Å²) in [6, 6.07) is 7.65. The molecule has 9 nitrogen and oxygen atoms in total. The van der Waals surface area contributed by atoms with Gasteiger partial charge in [0.2, 0.25) is 5.88 Å². The second kappa shape index (κ2) is 8.73. The van der Waals surface area contributed by atoms with E-state index >= 15 is 0 Å². The second-order valence-corrected chi connectivity index (χ2v) is 7.72. The summed E-state index contributed by atoms with van der Waals surface area (Å²) in [5.74, 6) is 0.384. The topological polar surface area (TPSA) is 107 Å². The number of aryl methyl sites for hydroxylation is 1. The smallest absolute Gasteiger partial charge is 0.314 e. The van der Waals surface area contributed by atoms with Crippen molar-refractivity contribution in [1.82, 2.24) is 19.9 Å². The van der Waals surface area contributed by atoms with Gasteiger partial charge >= 0.3 is 6.03 Å². The van der Waals surface area contributed by atoms with E-state index in [1.165, 1.54) is 0 Å². The predicted molar refractivity (Wildman–Crippen MR) is 118 cm³/mol. The molecular formula is C22H26N6O3. The minimum atomic E-state index is -0.457. The summed E-state index contributed by atoms with van der Waals surface area (Å²) in [5.41, 5.74) is 10.7. The number of fused-ring (bicyclic) bond motifs is 1. The SMILES string of the molecule is Cc1cc(-c2cc3nccnc3c(OC[C@@H]3CN(C(N)=O)CCO3)n2)ccc1N(C)C. The fraction of sp³-hybridized carbons (Fsp3) is 0.364. The molecule has 1 aromatic carbocycles. The van der Waals surface area contributed by atoms with Crippen molar-refractivity contribution in [2.45, 2.75) is 13.0 Å². The van der Waals surface area contributed by atoms with Gasteiger partial charge in [-0.3, -0.25) is 4.98 Å². The van der Waals surface area contributed by atoms with Gasteiger partial charge in [0.1, 0.15) is 12.7 Å². The first kappa shape index (κ1) is 20.8. The number of ether oxygens (including phenoxy) is 2. The molecule has 1 aliphatic rings. The summed E-state index contributed by atoms with van der Waals surface area (Å²) in [7, 11) is 4.04. The molecule has 0 bridgehead atoms. The Bertz CT molecular complexity index is 1100. The summed E-state index contributed by atoms with van der Waals surface area (Å²) < 4.78 is 11.7. The largest absolute Gasteiger partial charge is 0.473 e. The number of nitrogens with two attached hydrogens (primary N) is 1. The zero-order valence-electron chi connectivity index (χ0n) is 17.9. The fourth-order valence-electron chi connectivity index (χ4n) is 3.70. The Hall–Kier alpha value is -3.46. The van der Waals surface area contributed by atoms with E-state index < -0.39 is 6.03 Å². The van der Waals surface area contributed by atoms with Crippen LogP contribution in [0.5, 0.6) is 5.88 Å². The third-order valence-corrected chi connectivity index (χ3v) is 5.26. The molecule has 0 saturated carbocycles. The molecule has 162 valence electrons. The van der Waals surface area contributed by atoms with Gasteiger partial charge in [-0.05, 0) is 30.7 Å². The number of benzene rings is 1. The average molecular weight is 422 g/mol. The summed E-state index contributed by atoms with van der Waals surface area (Å²) in [4.78, 5) is 28.6. The molecule has 0 spiro atoms. The molecular weight excluding hydrogens is 396 g/mol. The number of rotatable bonds is 5. The summed E-state index contributed by atoms with van der Waals surface area (Å²) >= 11 is 0. The molecule has 31 heavy (non-hydrogen) atoms. The maximum absolute atomic E-state index is 11.5. The lowest BCUT2D eigenvalue weighted by Gasteiger charge is -2.31.